The van der Waals surface area contributed by atoms with Crippen molar-refractivity contribution in [2.45, 2.75) is 44.4 Å². The summed E-state index contributed by atoms with van der Waals surface area (Å²) in [5.74, 6) is -0.295. The fourth-order valence-electron chi connectivity index (χ4n) is 3.74. The molecule has 7 heteroatoms. The zero-order chi connectivity index (χ0) is 21.7. The van der Waals surface area contributed by atoms with E-state index in [1.165, 1.54) is 24.3 Å². The van der Waals surface area contributed by atoms with E-state index in [1.54, 1.807) is 35.2 Å². The second-order valence-corrected chi connectivity index (χ2v) is 7.26. The van der Waals surface area contributed by atoms with Crippen molar-refractivity contribution in [3.05, 3.63) is 78.1 Å². The van der Waals surface area contributed by atoms with Crippen LogP contribution in [0, 0.1) is 5.82 Å². The first kappa shape index (κ1) is 21.7. The molecule has 0 unspecified atom stereocenters. The van der Waals surface area contributed by atoms with Gasteiger partial charge < -0.3 is 14.4 Å². The molecule has 3 rings (SSSR count). The summed E-state index contributed by atoms with van der Waals surface area (Å²) >= 11 is 0. The van der Waals surface area contributed by atoms with Crippen LogP contribution in [-0.2, 0) is 10.3 Å². The van der Waals surface area contributed by atoms with Crippen LogP contribution in [0.4, 0.5) is 18.0 Å². The first-order valence-corrected chi connectivity index (χ1v) is 9.76. The van der Waals surface area contributed by atoms with Crippen LogP contribution in [0.5, 0.6) is 5.75 Å². The predicted molar refractivity (Wildman–Crippen MR) is 107 cm³/mol. The molecule has 0 spiro atoms. The number of carbonyl (C=O) groups excluding carboxylic acids is 1. The van der Waals surface area contributed by atoms with E-state index in [0.29, 0.717) is 25.8 Å². The highest BCUT2D eigenvalue weighted by molar-refractivity contribution is 5.70. The van der Waals surface area contributed by atoms with Crippen LogP contribution in [-0.4, -0.2) is 24.1 Å². The van der Waals surface area contributed by atoms with Gasteiger partial charge in [0.15, 0.2) is 0 Å². The lowest BCUT2D eigenvalue weighted by Gasteiger charge is -2.43. The highest BCUT2D eigenvalue weighted by atomic mass is 19.3. The largest absolute Gasteiger partial charge is 0.438 e. The van der Waals surface area contributed by atoms with Crippen molar-refractivity contribution < 1.29 is 27.4 Å². The topological polar surface area (TPSA) is 38.8 Å². The highest BCUT2D eigenvalue weighted by Gasteiger charge is 2.43. The molecule has 0 bridgehead atoms. The molecule has 1 fully saturated rings. The van der Waals surface area contributed by atoms with Crippen LogP contribution in [0.25, 0.3) is 0 Å². The third-order valence-corrected chi connectivity index (χ3v) is 5.45. The summed E-state index contributed by atoms with van der Waals surface area (Å²) in [7, 11) is 0. The Morgan fingerprint density at radius 3 is 2.43 bits per heavy atom. The number of cyclic esters (lactones) is 1. The fourth-order valence-corrected chi connectivity index (χ4v) is 3.74. The number of ether oxygens (including phenoxy) is 2. The molecular formula is C23H24F3NO3. The normalized spacial score (nSPS) is 20.0. The van der Waals surface area contributed by atoms with Gasteiger partial charge in [-0.15, -0.1) is 6.58 Å². The summed E-state index contributed by atoms with van der Waals surface area (Å²) in [6, 6.07) is 11.9. The van der Waals surface area contributed by atoms with E-state index in [-0.39, 0.29) is 17.6 Å². The monoisotopic (exact) mass is 419 g/mol. The Bertz CT molecular complexity index is 870. The van der Waals surface area contributed by atoms with E-state index in [4.69, 9.17) is 4.74 Å². The summed E-state index contributed by atoms with van der Waals surface area (Å²) in [5, 5.41) is 0. The van der Waals surface area contributed by atoms with E-state index < -0.39 is 18.3 Å². The average Bonchev–Trinajstić information content (AvgIpc) is 2.72. The van der Waals surface area contributed by atoms with Gasteiger partial charge in [0.2, 0.25) is 0 Å². The van der Waals surface area contributed by atoms with Gasteiger partial charge in [-0.05, 0) is 55.2 Å². The molecule has 0 aromatic heterocycles. The zero-order valence-corrected chi connectivity index (χ0v) is 16.7. The van der Waals surface area contributed by atoms with Crippen LogP contribution in [0.2, 0.25) is 0 Å². The SMILES string of the molecule is C=CCC[C@@]1(c2ccc(F)cc2)CCN([C@@H](C)c2ccc(OC(F)F)cc2)C(=O)O1. The molecule has 30 heavy (non-hydrogen) atoms. The number of rotatable bonds is 8. The third kappa shape index (κ3) is 4.78. The molecule has 160 valence electrons. The number of hydrogen-bond acceptors (Lipinski definition) is 3. The van der Waals surface area contributed by atoms with Gasteiger partial charge in [0.05, 0.1) is 6.04 Å². The molecule has 4 nitrogen and oxygen atoms in total. The molecule has 1 saturated heterocycles. The summed E-state index contributed by atoms with van der Waals surface area (Å²) in [6.07, 6.45) is 3.02. The molecule has 2 atom stereocenters. The van der Waals surface area contributed by atoms with E-state index >= 15 is 0 Å². The fraction of sp³-hybridized carbons (Fsp3) is 0.348. The Kier molecular flexibility index (Phi) is 6.70. The minimum atomic E-state index is -2.89. The first-order valence-electron chi connectivity index (χ1n) is 9.76. The average molecular weight is 419 g/mol. The van der Waals surface area contributed by atoms with Gasteiger partial charge in [0.25, 0.3) is 0 Å². The zero-order valence-electron chi connectivity index (χ0n) is 16.7. The number of allylic oxidation sites excluding steroid dienone is 1. The number of nitrogens with zero attached hydrogens (tertiary/aromatic N) is 1. The van der Waals surface area contributed by atoms with Crippen LogP contribution in [0.3, 0.4) is 0 Å². The van der Waals surface area contributed by atoms with Gasteiger partial charge in [-0.2, -0.15) is 8.78 Å². The summed E-state index contributed by atoms with van der Waals surface area (Å²) in [4.78, 5) is 14.5. The Balaban J connectivity index is 1.77. The van der Waals surface area contributed by atoms with Gasteiger partial charge in [0, 0.05) is 13.0 Å². The number of benzene rings is 2. The van der Waals surface area contributed by atoms with Gasteiger partial charge in [0.1, 0.15) is 17.2 Å². The third-order valence-electron chi connectivity index (χ3n) is 5.45. The Morgan fingerprint density at radius 1 is 1.20 bits per heavy atom. The lowest BCUT2D eigenvalue weighted by molar-refractivity contribution is -0.0649. The molecule has 1 aliphatic rings. The van der Waals surface area contributed by atoms with E-state index in [0.717, 1.165) is 11.1 Å². The second-order valence-electron chi connectivity index (χ2n) is 7.26. The van der Waals surface area contributed by atoms with Crippen molar-refractivity contribution in [3.63, 3.8) is 0 Å². The number of alkyl halides is 2. The molecule has 1 amide bonds. The molecule has 1 heterocycles. The minimum absolute atomic E-state index is 0.0573. The van der Waals surface area contributed by atoms with E-state index in [2.05, 4.69) is 11.3 Å². The van der Waals surface area contributed by atoms with Gasteiger partial charge in [-0.25, -0.2) is 9.18 Å². The highest BCUT2D eigenvalue weighted by Crippen LogP contribution is 2.40. The van der Waals surface area contributed by atoms with Crippen molar-refractivity contribution in [2.24, 2.45) is 0 Å². The summed E-state index contributed by atoms with van der Waals surface area (Å²) < 4.78 is 48.3. The molecule has 0 aliphatic carbocycles. The molecule has 1 aliphatic heterocycles. The van der Waals surface area contributed by atoms with Crippen molar-refractivity contribution in [2.75, 3.05) is 6.54 Å². The first-order chi connectivity index (χ1) is 14.3. The second kappa shape index (κ2) is 9.24. The van der Waals surface area contributed by atoms with Gasteiger partial charge in [-0.3, -0.25) is 0 Å². The van der Waals surface area contributed by atoms with Crippen LogP contribution in [0.15, 0.2) is 61.2 Å². The molecule has 2 aromatic rings. The Morgan fingerprint density at radius 2 is 1.87 bits per heavy atom. The molecular weight excluding hydrogens is 395 g/mol. The van der Waals surface area contributed by atoms with Crippen LogP contribution < -0.4 is 4.74 Å². The van der Waals surface area contributed by atoms with Crippen LogP contribution >= 0.6 is 0 Å². The lowest BCUT2D eigenvalue weighted by atomic mass is 9.84. The van der Waals surface area contributed by atoms with Crippen molar-refractivity contribution in [3.8, 4) is 5.75 Å². The van der Waals surface area contributed by atoms with E-state index in [1.807, 2.05) is 6.92 Å². The molecule has 0 N–H and O–H groups in total. The van der Waals surface area contributed by atoms with Crippen molar-refractivity contribution in [1.29, 1.82) is 0 Å². The van der Waals surface area contributed by atoms with Crippen LogP contribution in [0.1, 0.15) is 43.4 Å². The molecule has 0 radical (unpaired) electrons. The van der Waals surface area contributed by atoms with Crippen molar-refractivity contribution >= 4 is 6.09 Å². The number of carbonyl (C=O) groups is 1. The smallest absolute Gasteiger partial charge is 0.411 e. The standard InChI is InChI=1S/C23H24F3NO3/c1-3-4-13-23(18-7-9-19(24)10-8-18)14-15-27(22(28)30-23)16(2)17-5-11-20(12-6-17)29-21(25)26/h3,5-12,16,21H,1,4,13-15H2,2H3/t16-,23-/m0/s1. The van der Waals surface area contributed by atoms with Gasteiger partial charge in [-0.1, -0.05) is 30.3 Å². The lowest BCUT2D eigenvalue weighted by Crippen LogP contribution is -2.48. The number of amides is 1. The quantitative estimate of drug-likeness (QED) is 0.479. The van der Waals surface area contributed by atoms with E-state index in [9.17, 15) is 18.0 Å². The Labute approximate surface area is 173 Å². The van der Waals surface area contributed by atoms with Gasteiger partial charge >= 0.3 is 12.7 Å². The number of hydrogen-bond donors (Lipinski definition) is 0. The maximum Gasteiger partial charge on any atom is 0.411 e. The summed E-state index contributed by atoms with van der Waals surface area (Å²) in [6.45, 7) is 3.13. The number of halogens is 3. The maximum atomic E-state index is 13.4. The maximum absolute atomic E-state index is 13.4. The summed E-state index contributed by atoms with van der Waals surface area (Å²) in [5.41, 5.74) is 0.679. The Hall–Kier alpha value is -2.96. The minimum Gasteiger partial charge on any atom is -0.438 e. The molecule has 2 aromatic carbocycles. The predicted octanol–water partition coefficient (Wildman–Crippen LogP) is 6.19. The molecule has 0 saturated carbocycles. The van der Waals surface area contributed by atoms with Crippen molar-refractivity contribution in [1.82, 2.24) is 4.90 Å².